The molecule has 2 rings (SSSR count). The highest BCUT2D eigenvalue weighted by Gasteiger charge is 2.14. The molecule has 0 aliphatic carbocycles. The van der Waals surface area contributed by atoms with Crippen LogP contribution in [0.15, 0.2) is 27.3 Å². The molecule has 0 saturated heterocycles. The molecule has 2 heterocycles. The lowest BCUT2D eigenvalue weighted by Gasteiger charge is -2.10. The Morgan fingerprint density at radius 3 is 2.68 bits per heavy atom. The van der Waals surface area contributed by atoms with Crippen molar-refractivity contribution >= 4 is 31.4 Å². The van der Waals surface area contributed by atoms with Crippen LogP contribution in [0.1, 0.15) is 0 Å². The van der Waals surface area contributed by atoms with Gasteiger partial charge in [0.2, 0.25) is 10.0 Å². The van der Waals surface area contributed by atoms with Crippen molar-refractivity contribution in [3.63, 3.8) is 0 Å². The lowest BCUT2D eigenvalue weighted by molar-refractivity contribution is 0.381. The van der Waals surface area contributed by atoms with Gasteiger partial charge in [-0.25, -0.2) is 13.6 Å². The highest BCUT2D eigenvalue weighted by molar-refractivity contribution is 7.91. The number of nitrogens with two attached hydrogens (primary N) is 1. The molecular formula is C11H15N3O3S2. The van der Waals surface area contributed by atoms with Crippen LogP contribution in [0.5, 0.6) is 0 Å². The van der Waals surface area contributed by atoms with E-state index in [0.717, 1.165) is 17.9 Å². The predicted octanol–water partition coefficient (Wildman–Crippen LogP) is 0.272. The number of aromatic nitrogens is 1. The molecule has 0 aromatic carbocycles. The van der Waals surface area contributed by atoms with E-state index < -0.39 is 10.0 Å². The van der Waals surface area contributed by atoms with E-state index >= 15 is 0 Å². The van der Waals surface area contributed by atoms with Crippen molar-refractivity contribution in [2.45, 2.75) is 10.8 Å². The second-order valence-corrected chi connectivity index (χ2v) is 7.35. The van der Waals surface area contributed by atoms with Gasteiger partial charge in [0, 0.05) is 24.7 Å². The van der Waals surface area contributed by atoms with Gasteiger partial charge < -0.3 is 9.47 Å². The van der Waals surface area contributed by atoms with Crippen LogP contribution < -0.4 is 10.7 Å². The van der Waals surface area contributed by atoms with Crippen molar-refractivity contribution in [1.29, 1.82) is 0 Å². The van der Waals surface area contributed by atoms with Crippen molar-refractivity contribution < 1.29 is 8.42 Å². The predicted molar refractivity (Wildman–Crippen MR) is 76.0 cm³/mol. The van der Waals surface area contributed by atoms with Gasteiger partial charge in [0.05, 0.1) is 0 Å². The van der Waals surface area contributed by atoms with Crippen molar-refractivity contribution in [1.82, 2.24) is 9.47 Å². The second-order valence-electron chi connectivity index (χ2n) is 4.51. The van der Waals surface area contributed by atoms with E-state index in [-0.39, 0.29) is 9.77 Å². The third-order valence-electron chi connectivity index (χ3n) is 2.70. The fourth-order valence-corrected chi connectivity index (χ4v) is 3.51. The molecule has 0 aliphatic heterocycles. The van der Waals surface area contributed by atoms with Crippen LogP contribution in [0, 0.1) is 0 Å². The molecule has 0 atom stereocenters. The first kappa shape index (κ1) is 14.2. The van der Waals surface area contributed by atoms with Gasteiger partial charge in [-0.05, 0) is 26.2 Å². The zero-order valence-electron chi connectivity index (χ0n) is 10.7. The van der Waals surface area contributed by atoms with E-state index in [1.165, 1.54) is 6.07 Å². The number of hydrogen-bond donors (Lipinski definition) is 1. The van der Waals surface area contributed by atoms with E-state index in [9.17, 15) is 13.2 Å². The maximum absolute atomic E-state index is 12.2. The van der Waals surface area contributed by atoms with E-state index in [4.69, 9.17) is 5.14 Å². The Kier molecular flexibility index (Phi) is 3.77. The van der Waals surface area contributed by atoms with Crippen LogP contribution >= 0.6 is 11.3 Å². The summed E-state index contributed by atoms with van der Waals surface area (Å²) in [6.07, 6.45) is 1.67. The summed E-state index contributed by atoms with van der Waals surface area (Å²) in [5.41, 5.74) is -0.181. The molecule has 8 heteroatoms. The van der Waals surface area contributed by atoms with Crippen LogP contribution in [0.25, 0.3) is 10.1 Å². The summed E-state index contributed by atoms with van der Waals surface area (Å²) in [6, 6.07) is 3.17. The molecule has 0 unspecified atom stereocenters. The Morgan fingerprint density at radius 1 is 1.42 bits per heavy atom. The van der Waals surface area contributed by atoms with Gasteiger partial charge in [-0.15, -0.1) is 11.3 Å². The number of likely N-dealkylation sites (N-methyl/N-ethyl adjacent to an activating group) is 1. The number of sulfonamides is 1. The van der Waals surface area contributed by atoms with Gasteiger partial charge >= 0.3 is 0 Å². The molecule has 2 aromatic rings. The molecule has 0 saturated carbocycles. The fourth-order valence-electron chi connectivity index (χ4n) is 1.66. The Bertz CT molecular complexity index is 759. The van der Waals surface area contributed by atoms with Crippen LogP contribution in [0.4, 0.5) is 0 Å². The van der Waals surface area contributed by atoms with Gasteiger partial charge in [0.25, 0.3) is 5.56 Å². The number of primary sulfonamides is 1. The van der Waals surface area contributed by atoms with E-state index in [0.29, 0.717) is 16.6 Å². The normalized spacial score (nSPS) is 12.4. The second kappa shape index (κ2) is 5.04. The summed E-state index contributed by atoms with van der Waals surface area (Å²) in [5, 5.41) is 5.69. The molecule has 104 valence electrons. The molecule has 0 bridgehead atoms. The minimum Gasteiger partial charge on any atom is -0.313 e. The Balaban J connectivity index is 2.50. The number of rotatable bonds is 4. The van der Waals surface area contributed by atoms with Gasteiger partial charge in [0.1, 0.15) is 8.91 Å². The summed E-state index contributed by atoms with van der Waals surface area (Å²) in [5.74, 6) is 0. The van der Waals surface area contributed by atoms with Gasteiger partial charge in [-0.3, -0.25) is 4.79 Å². The molecule has 6 nitrogen and oxygen atoms in total. The molecule has 0 fully saturated rings. The summed E-state index contributed by atoms with van der Waals surface area (Å²) in [7, 11) is 0.0910. The maximum Gasteiger partial charge on any atom is 0.268 e. The summed E-state index contributed by atoms with van der Waals surface area (Å²) >= 11 is 0.919. The average molecular weight is 301 g/mol. The van der Waals surface area contributed by atoms with E-state index in [2.05, 4.69) is 0 Å². The average Bonchev–Trinajstić information content (AvgIpc) is 2.72. The van der Waals surface area contributed by atoms with Crippen LogP contribution in [-0.4, -0.2) is 38.5 Å². The van der Waals surface area contributed by atoms with E-state index in [1.807, 2.05) is 19.0 Å². The molecule has 0 amide bonds. The summed E-state index contributed by atoms with van der Waals surface area (Å²) < 4.78 is 24.6. The molecular weight excluding hydrogens is 286 g/mol. The highest BCUT2D eigenvalue weighted by atomic mass is 32.2. The highest BCUT2D eigenvalue weighted by Crippen LogP contribution is 2.25. The Morgan fingerprint density at radius 2 is 2.11 bits per heavy atom. The number of thiophene rings is 1. The van der Waals surface area contributed by atoms with Crippen LogP contribution in [-0.2, 0) is 16.6 Å². The molecule has 0 radical (unpaired) electrons. The number of fused-ring (bicyclic) bond motifs is 1. The topological polar surface area (TPSA) is 85.4 Å². The first-order chi connectivity index (χ1) is 8.79. The minimum absolute atomic E-state index is 0.0185. The third-order valence-corrected chi connectivity index (χ3v) is 5.25. The van der Waals surface area contributed by atoms with Crippen molar-refractivity contribution in [3.05, 3.63) is 28.7 Å². The molecule has 2 aromatic heterocycles. The van der Waals surface area contributed by atoms with Gasteiger partial charge in [-0.1, -0.05) is 0 Å². The smallest absolute Gasteiger partial charge is 0.268 e. The lowest BCUT2D eigenvalue weighted by atomic mass is 10.3. The monoisotopic (exact) mass is 301 g/mol. The largest absolute Gasteiger partial charge is 0.313 e. The number of pyridine rings is 1. The number of nitrogens with zero attached hydrogens (tertiary/aromatic N) is 2. The minimum atomic E-state index is -3.76. The number of hydrogen-bond acceptors (Lipinski definition) is 5. The quantitative estimate of drug-likeness (QED) is 0.878. The van der Waals surface area contributed by atoms with Crippen LogP contribution in [0.3, 0.4) is 0 Å². The first-order valence-electron chi connectivity index (χ1n) is 5.59. The fraction of sp³-hybridized carbons (Fsp3) is 0.364. The molecule has 2 N–H and O–H groups in total. The standard InChI is InChI=1S/C11H15N3O3S2/c1-13(2)5-6-14-4-3-8-7-9(19(12,16)17)18-10(8)11(14)15/h3-4,7H,5-6H2,1-2H3,(H2,12,16,17). The summed E-state index contributed by atoms with van der Waals surface area (Å²) in [6.45, 7) is 1.29. The Labute approximate surface area is 115 Å². The molecule has 0 aliphatic rings. The van der Waals surface area contributed by atoms with Crippen molar-refractivity contribution in [3.8, 4) is 0 Å². The molecule has 19 heavy (non-hydrogen) atoms. The van der Waals surface area contributed by atoms with Crippen LogP contribution in [0.2, 0.25) is 0 Å². The van der Waals surface area contributed by atoms with Gasteiger partial charge in [-0.2, -0.15) is 0 Å². The first-order valence-corrected chi connectivity index (χ1v) is 7.96. The molecule has 0 spiro atoms. The zero-order valence-corrected chi connectivity index (χ0v) is 12.3. The summed E-state index contributed by atoms with van der Waals surface area (Å²) in [4.78, 5) is 14.2. The SMILES string of the molecule is CN(C)CCn1ccc2cc(S(N)(=O)=O)sc2c1=O. The lowest BCUT2D eigenvalue weighted by Crippen LogP contribution is -2.25. The zero-order chi connectivity index (χ0) is 14.2. The van der Waals surface area contributed by atoms with Crippen molar-refractivity contribution in [2.24, 2.45) is 5.14 Å². The van der Waals surface area contributed by atoms with Gasteiger partial charge in [0.15, 0.2) is 0 Å². The van der Waals surface area contributed by atoms with E-state index in [1.54, 1.807) is 16.8 Å². The maximum atomic E-state index is 12.2. The Hall–Kier alpha value is -1.22. The van der Waals surface area contributed by atoms with Crippen molar-refractivity contribution in [2.75, 3.05) is 20.6 Å². The third kappa shape index (κ3) is 3.03.